The minimum atomic E-state index is -1.09. The summed E-state index contributed by atoms with van der Waals surface area (Å²) in [6.45, 7) is 0.196. The van der Waals surface area contributed by atoms with E-state index in [0.29, 0.717) is 15.3 Å². The fourth-order valence-corrected chi connectivity index (χ4v) is 4.94. The minimum absolute atomic E-state index is 0.0362. The highest BCUT2D eigenvalue weighted by molar-refractivity contribution is 7.22. The summed E-state index contributed by atoms with van der Waals surface area (Å²) in [6.07, 6.45) is -0.614. The van der Waals surface area contributed by atoms with Gasteiger partial charge in [-0.1, -0.05) is 59.9 Å². The van der Waals surface area contributed by atoms with Crippen molar-refractivity contribution < 1.29 is 24.2 Å². The number of thiazole rings is 1. The maximum absolute atomic E-state index is 12.5. The average molecular weight is 446 g/mol. The van der Waals surface area contributed by atoms with Crippen LogP contribution in [0.3, 0.4) is 0 Å². The lowest BCUT2D eigenvalue weighted by Crippen LogP contribution is -2.17. The van der Waals surface area contributed by atoms with E-state index in [-0.39, 0.29) is 23.8 Å². The topological polar surface area (TPSA) is 97.8 Å². The molecular formula is C24H18N2O5S. The Morgan fingerprint density at radius 2 is 1.72 bits per heavy atom. The fraction of sp³-hybridized carbons (Fsp3) is 0.125. The van der Waals surface area contributed by atoms with Crippen LogP contribution in [-0.2, 0) is 4.74 Å². The number of carbonyl (C=O) groups is 2. The van der Waals surface area contributed by atoms with Crippen LogP contribution in [0.5, 0.6) is 5.75 Å². The molecule has 0 spiro atoms. The van der Waals surface area contributed by atoms with Gasteiger partial charge >= 0.3 is 12.1 Å². The molecule has 1 aliphatic rings. The fourth-order valence-electron chi connectivity index (χ4n) is 4.07. The van der Waals surface area contributed by atoms with Gasteiger partial charge in [0.05, 0.1) is 17.3 Å². The smallest absolute Gasteiger partial charge is 0.413 e. The number of amides is 1. The summed E-state index contributed by atoms with van der Waals surface area (Å²) in [5.74, 6) is -0.919. The summed E-state index contributed by atoms with van der Waals surface area (Å²) >= 11 is 1.17. The third-order valence-electron chi connectivity index (χ3n) is 5.49. The number of nitrogens with zero attached hydrogens (tertiary/aromatic N) is 1. The zero-order chi connectivity index (χ0) is 22.2. The van der Waals surface area contributed by atoms with Gasteiger partial charge in [-0.25, -0.2) is 14.6 Å². The molecule has 0 saturated carbocycles. The molecule has 1 amide bonds. The Bertz CT molecular complexity index is 1320. The second-order valence-corrected chi connectivity index (χ2v) is 8.33. The van der Waals surface area contributed by atoms with Gasteiger partial charge in [-0.05, 0) is 28.3 Å². The lowest BCUT2D eigenvalue weighted by atomic mass is 9.98. The molecule has 32 heavy (non-hydrogen) atoms. The number of aromatic carboxylic acids is 1. The number of methoxy groups -OCH3 is 1. The van der Waals surface area contributed by atoms with Crippen molar-refractivity contribution in [2.24, 2.45) is 0 Å². The van der Waals surface area contributed by atoms with Crippen LogP contribution in [0.15, 0.2) is 60.7 Å². The molecule has 1 aliphatic carbocycles. The number of fused-ring (bicyclic) bond motifs is 4. The molecule has 2 N–H and O–H groups in total. The van der Waals surface area contributed by atoms with E-state index < -0.39 is 12.1 Å². The molecular weight excluding hydrogens is 428 g/mol. The van der Waals surface area contributed by atoms with Gasteiger partial charge in [-0.15, -0.1) is 0 Å². The first-order chi connectivity index (χ1) is 15.5. The number of hydrogen-bond acceptors (Lipinski definition) is 6. The van der Waals surface area contributed by atoms with Gasteiger partial charge in [0.1, 0.15) is 17.9 Å². The largest absolute Gasteiger partial charge is 0.496 e. The zero-order valence-electron chi connectivity index (χ0n) is 17.0. The highest BCUT2D eigenvalue weighted by Crippen LogP contribution is 2.44. The highest BCUT2D eigenvalue weighted by atomic mass is 32.1. The lowest BCUT2D eigenvalue weighted by molar-refractivity contribution is 0.0693. The molecule has 8 heteroatoms. The van der Waals surface area contributed by atoms with Crippen molar-refractivity contribution in [1.82, 2.24) is 4.98 Å². The lowest BCUT2D eigenvalue weighted by Gasteiger charge is -2.14. The van der Waals surface area contributed by atoms with E-state index in [2.05, 4.69) is 34.6 Å². The summed E-state index contributed by atoms with van der Waals surface area (Å²) in [7, 11) is 1.40. The molecule has 160 valence electrons. The Morgan fingerprint density at radius 1 is 1.06 bits per heavy atom. The van der Waals surface area contributed by atoms with Gasteiger partial charge in [0.25, 0.3) is 0 Å². The van der Waals surface area contributed by atoms with Crippen LogP contribution in [0.4, 0.5) is 9.93 Å². The maximum Gasteiger partial charge on any atom is 0.413 e. The van der Waals surface area contributed by atoms with E-state index in [1.165, 1.54) is 30.6 Å². The molecule has 0 aliphatic heterocycles. The molecule has 4 aromatic rings. The number of carboxylic acid groups (broad SMARTS) is 1. The second kappa shape index (κ2) is 7.97. The van der Waals surface area contributed by atoms with Crippen molar-refractivity contribution in [3.8, 4) is 16.9 Å². The van der Waals surface area contributed by atoms with Gasteiger partial charge in [-0.3, -0.25) is 5.32 Å². The van der Waals surface area contributed by atoms with Crippen LogP contribution in [0, 0.1) is 0 Å². The van der Waals surface area contributed by atoms with Crippen LogP contribution in [0.2, 0.25) is 0 Å². The molecule has 0 fully saturated rings. The van der Waals surface area contributed by atoms with Crippen LogP contribution < -0.4 is 10.1 Å². The molecule has 1 aromatic heterocycles. The van der Waals surface area contributed by atoms with E-state index in [1.54, 1.807) is 0 Å². The molecule has 0 atom stereocenters. The summed E-state index contributed by atoms with van der Waals surface area (Å²) in [5, 5.41) is 12.3. The SMILES string of the molecule is COc1cc2nc(NC(=O)OCC3c4ccccc4-c4ccccc43)sc2cc1C(=O)O. The van der Waals surface area contributed by atoms with Crippen molar-refractivity contribution in [2.75, 3.05) is 19.0 Å². The van der Waals surface area contributed by atoms with E-state index in [9.17, 15) is 14.7 Å². The summed E-state index contributed by atoms with van der Waals surface area (Å²) in [5.41, 5.74) is 5.16. The first-order valence-corrected chi connectivity index (χ1v) is 10.7. The average Bonchev–Trinajstić information content (AvgIpc) is 3.34. The number of ether oxygens (including phenoxy) is 2. The number of hydrogen-bond donors (Lipinski definition) is 2. The van der Waals surface area contributed by atoms with Crippen LogP contribution in [-0.4, -0.2) is 35.9 Å². The van der Waals surface area contributed by atoms with E-state index in [1.807, 2.05) is 24.3 Å². The zero-order valence-corrected chi connectivity index (χ0v) is 17.8. The maximum atomic E-state index is 12.5. The molecule has 7 nitrogen and oxygen atoms in total. The van der Waals surface area contributed by atoms with Crippen molar-refractivity contribution in [3.05, 3.63) is 77.4 Å². The van der Waals surface area contributed by atoms with Crippen LogP contribution >= 0.6 is 11.3 Å². The second-order valence-electron chi connectivity index (χ2n) is 7.29. The van der Waals surface area contributed by atoms with E-state index in [4.69, 9.17) is 9.47 Å². The molecule has 5 rings (SSSR count). The first kappa shape index (κ1) is 20.0. The predicted molar refractivity (Wildman–Crippen MR) is 122 cm³/mol. The Kier molecular flexibility index (Phi) is 4.99. The third-order valence-corrected chi connectivity index (χ3v) is 6.43. The summed E-state index contributed by atoms with van der Waals surface area (Å²) in [6, 6.07) is 19.3. The van der Waals surface area contributed by atoms with Crippen molar-refractivity contribution in [3.63, 3.8) is 0 Å². The number of rotatable bonds is 5. The molecule has 0 unspecified atom stereocenters. The van der Waals surface area contributed by atoms with Gasteiger partial charge in [0, 0.05) is 12.0 Å². The van der Waals surface area contributed by atoms with Gasteiger partial charge in [0.15, 0.2) is 5.13 Å². The summed E-state index contributed by atoms with van der Waals surface area (Å²) < 4.78 is 11.3. The monoisotopic (exact) mass is 446 g/mol. The number of benzene rings is 3. The number of anilines is 1. The Balaban J connectivity index is 1.33. The van der Waals surface area contributed by atoms with Gasteiger partial charge in [-0.2, -0.15) is 0 Å². The van der Waals surface area contributed by atoms with Gasteiger partial charge < -0.3 is 14.6 Å². The Labute approximate surface area is 187 Å². The third kappa shape index (κ3) is 3.44. The van der Waals surface area contributed by atoms with Crippen LogP contribution in [0.25, 0.3) is 21.3 Å². The van der Waals surface area contributed by atoms with E-state index in [0.717, 1.165) is 22.3 Å². The normalized spacial score (nSPS) is 12.3. The minimum Gasteiger partial charge on any atom is -0.496 e. The van der Waals surface area contributed by atoms with Crippen molar-refractivity contribution in [1.29, 1.82) is 0 Å². The number of carboxylic acids is 1. The predicted octanol–water partition coefficient (Wildman–Crippen LogP) is 5.36. The van der Waals surface area contributed by atoms with Crippen LogP contribution in [0.1, 0.15) is 27.4 Å². The molecule has 0 saturated heterocycles. The van der Waals surface area contributed by atoms with Crippen molar-refractivity contribution in [2.45, 2.75) is 5.92 Å². The molecule has 3 aromatic carbocycles. The standard InChI is InChI=1S/C24H18N2O5S/c1-30-20-11-19-21(10-17(20)22(27)28)32-23(25-19)26-24(29)31-12-18-15-8-4-2-6-13(15)14-7-3-5-9-16(14)18/h2-11,18H,12H2,1H3,(H,27,28)(H,25,26,29). The quantitative estimate of drug-likeness (QED) is 0.428. The molecule has 0 radical (unpaired) electrons. The molecule has 1 heterocycles. The van der Waals surface area contributed by atoms with Gasteiger partial charge in [0.2, 0.25) is 0 Å². The van der Waals surface area contributed by atoms with Crippen molar-refractivity contribution >= 4 is 38.7 Å². The Morgan fingerprint density at radius 3 is 2.34 bits per heavy atom. The number of carbonyl (C=O) groups excluding carboxylic acids is 1. The summed E-state index contributed by atoms with van der Waals surface area (Å²) in [4.78, 5) is 28.2. The first-order valence-electron chi connectivity index (χ1n) is 9.89. The molecule has 0 bridgehead atoms. The number of nitrogens with one attached hydrogen (secondary N) is 1. The highest BCUT2D eigenvalue weighted by Gasteiger charge is 2.29. The number of aromatic nitrogens is 1. The van der Waals surface area contributed by atoms with E-state index >= 15 is 0 Å². The Hall–Kier alpha value is -3.91.